The van der Waals surface area contributed by atoms with Crippen molar-refractivity contribution < 1.29 is 9.53 Å². The highest BCUT2D eigenvalue weighted by Gasteiger charge is 2.10. The normalized spacial score (nSPS) is 10.6. The van der Waals surface area contributed by atoms with Crippen LogP contribution in [0.25, 0.3) is 0 Å². The number of methoxy groups -OCH3 is 1. The number of aldehydes is 1. The maximum Gasteiger partial charge on any atom is 0.230 e. The van der Waals surface area contributed by atoms with Crippen LogP contribution in [0.2, 0.25) is 0 Å². The number of aryl methyl sites for hydroxylation is 1. The molecule has 0 saturated heterocycles. The quantitative estimate of drug-likeness (QED) is 0.404. The Morgan fingerprint density at radius 1 is 0.844 bits per heavy atom. The summed E-state index contributed by atoms with van der Waals surface area (Å²) >= 11 is 0. The van der Waals surface area contributed by atoms with Crippen LogP contribution in [-0.4, -0.2) is 28.3 Å². The molecular formula is C26H24N4O2. The van der Waals surface area contributed by atoms with Crippen molar-refractivity contribution in [1.82, 2.24) is 15.0 Å². The molecule has 0 aliphatic carbocycles. The van der Waals surface area contributed by atoms with Gasteiger partial charge in [-0.15, -0.1) is 0 Å². The van der Waals surface area contributed by atoms with Crippen molar-refractivity contribution >= 4 is 17.9 Å². The number of anilines is 2. The second kappa shape index (κ2) is 9.83. The lowest BCUT2D eigenvalue weighted by Crippen LogP contribution is -2.09. The first-order valence-corrected chi connectivity index (χ1v) is 10.4. The van der Waals surface area contributed by atoms with Crippen LogP contribution in [0.5, 0.6) is 5.75 Å². The molecule has 0 unspecified atom stereocenters. The number of aromatic nitrogens is 3. The SMILES string of the molecule is COc1ccc(Cc2nc(Cc3ccc(C=O)cc3)nc(Nc3cccc(C)c3)n2)cc1. The minimum atomic E-state index is 0.508. The van der Waals surface area contributed by atoms with Crippen LogP contribution in [0.1, 0.15) is 38.7 Å². The number of rotatable bonds is 8. The molecule has 0 aliphatic rings. The maximum absolute atomic E-state index is 10.9. The average molecular weight is 425 g/mol. The highest BCUT2D eigenvalue weighted by atomic mass is 16.5. The fraction of sp³-hybridized carbons (Fsp3) is 0.154. The van der Waals surface area contributed by atoms with Gasteiger partial charge in [0.25, 0.3) is 0 Å². The molecule has 0 radical (unpaired) electrons. The van der Waals surface area contributed by atoms with Crippen molar-refractivity contribution in [1.29, 1.82) is 0 Å². The van der Waals surface area contributed by atoms with Gasteiger partial charge in [-0.3, -0.25) is 4.79 Å². The van der Waals surface area contributed by atoms with Crippen LogP contribution in [0, 0.1) is 6.92 Å². The Morgan fingerprint density at radius 3 is 2.03 bits per heavy atom. The molecule has 1 aromatic heterocycles. The largest absolute Gasteiger partial charge is 0.497 e. The van der Waals surface area contributed by atoms with Gasteiger partial charge in [0.15, 0.2) is 0 Å². The lowest BCUT2D eigenvalue weighted by atomic mass is 10.1. The summed E-state index contributed by atoms with van der Waals surface area (Å²) in [5, 5.41) is 3.31. The first-order chi connectivity index (χ1) is 15.6. The van der Waals surface area contributed by atoms with E-state index in [1.807, 2.05) is 67.6 Å². The second-order valence-corrected chi connectivity index (χ2v) is 7.55. The van der Waals surface area contributed by atoms with Gasteiger partial charge in [0.1, 0.15) is 23.7 Å². The van der Waals surface area contributed by atoms with Gasteiger partial charge in [-0.1, -0.05) is 48.5 Å². The number of nitrogens with zero attached hydrogens (tertiary/aromatic N) is 3. The molecule has 4 rings (SSSR count). The standard InChI is InChI=1S/C26H24N4O2/c1-18-4-3-5-22(14-18)27-26-29-24(15-19-6-8-21(17-31)9-7-19)28-25(30-26)16-20-10-12-23(32-2)13-11-20/h3-14,17H,15-16H2,1-2H3,(H,27,28,29,30). The Bertz CT molecular complexity index is 1210. The number of hydrogen-bond donors (Lipinski definition) is 1. The summed E-state index contributed by atoms with van der Waals surface area (Å²) < 4.78 is 5.24. The number of carbonyl (C=O) groups is 1. The third-order valence-electron chi connectivity index (χ3n) is 5.00. The van der Waals surface area contributed by atoms with E-state index in [9.17, 15) is 4.79 Å². The molecule has 0 amide bonds. The van der Waals surface area contributed by atoms with E-state index in [1.165, 1.54) is 0 Å². The summed E-state index contributed by atoms with van der Waals surface area (Å²) in [5.41, 5.74) is 4.83. The van der Waals surface area contributed by atoms with E-state index in [-0.39, 0.29) is 0 Å². The van der Waals surface area contributed by atoms with Gasteiger partial charge in [0.2, 0.25) is 5.95 Å². The van der Waals surface area contributed by atoms with Gasteiger partial charge in [-0.25, -0.2) is 4.98 Å². The molecule has 0 fully saturated rings. The topological polar surface area (TPSA) is 77.0 Å². The number of nitrogens with one attached hydrogen (secondary N) is 1. The number of hydrogen-bond acceptors (Lipinski definition) is 6. The number of benzene rings is 3. The van der Waals surface area contributed by atoms with E-state index < -0.39 is 0 Å². The number of ether oxygens (including phenoxy) is 1. The van der Waals surface area contributed by atoms with Crippen LogP contribution in [0.3, 0.4) is 0 Å². The Balaban J connectivity index is 1.63. The van der Waals surface area contributed by atoms with E-state index >= 15 is 0 Å². The molecule has 0 atom stereocenters. The molecule has 160 valence electrons. The van der Waals surface area contributed by atoms with Crippen LogP contribution < -0.4 is 10.1 Å². The van der Waals surface area contributed by atoms with Crippen LogP contribution in [-0.2, 0) is 12.8 Å². The minimum Gasteiger partial charge on any atom is -0.497 e. The molecule has 0 aliphatic heterocycles. The van der Waals surface area contributed by atoms with Crippen LogP contribution in [0.4, 0.5) is 11.6 Å². The minimum absolute atomic E-state index is 0.508. The zero-order valence-corrected chi connectivity index (χ0v) is 18.1. The Hall–Kier alpha value is -4.06. The van der Waals surface area contributed by atoms with Crippen molar-refractivity contribution in [3.8, 4) is 5.75 Å². The molecule has 6 nitrogen and oxygen atoms in total. The molecular weight excluding hydrogens is 400 g/mol. The summed E-state index contributed by atoms with van der Waals surface area (Å²) in [4.78, 5) is 24.9. The van der Waals surface area contributed by atoms with E-state index in [0.717, 1.165) is 34.4 Å². The fourth-order valence-electron chi connectivity index (χ4n) is 3.36. The smallest absolute Gasteiger partial charge is 0.230 e. The van der Waals surface area contributed by atoms with Gasteiger partial charge in [-0.05, 0) is 47.9 Å². The highest BCUT2D eigenvalue weighted by molar-refractivity contribution is 5.74. The molecule has 0 spiro atoms. The van der Waals surface area contributed by atoms with E-state index in [4.69, 9.17) is 9.72 Å². The number of carbonyl (C=O) groups excluding carboxylic acids is 1. The van der Waals surface area contributed by atoms with Crippen molar-refractivity contribution in [2.45, 2.75) is 19.8 Å². The molecule has 32 heavy (non-hydrogen) atoms. The average Bonchev–Trinajstić information content (AvgIpc) is 2.80. The van der Waals surface area contributed by atoms with Crippen molar-refractivity contribution in [2.24, 2.45) is 0 Å². The van der Waals surface area contributed by atoms with E-state index in [2.05, 4.69) is 15.3 Å². The summed E-state index contributed by atoms with van der Waals surface area (Å²) in [6.07, 6.45) is 1.95. The molecule has 4 aromatic rings. The van der Waals surface area contributed by atoms with Crippen LogP contribution >= 0.6 is 0 Å². The summed E-state index contributed by atoms with van der Waals surface area (Å²) in [6.45, 7) is 2.04. The lowest BCUT2D eigenvalue weighted by molar-refractivity contribution is 0.112. The Morgan fingerprint density at radius 2 is 1.47 bits per heavy atom. The lowest BCUT2D eigenvalue weighted by Gasteiger charge is -2.10. The third kappa shape index (κ3) is 5.55. The fourth-order valence-corrected chi connectivity index (χ4v) is 3.36. The zero-order chi connectivity index (χ0) is 22.3. The molecule has 1 heterocycles. The molecule has 1 N–H and O–H groups in total. The molecule has 0 saturated carbocycles. The molecule has 6 heteroatoms. The van der Waals surface area contributed by atoms with Crippen LogP contribution in [0.15, 0.2) is 72.8 Å². The summed E-state index contributed by atoms with van der Waals surface area (Å²) in [5.74, 6) is 2.66. The predicted molar refractivity (Wildman–Crippen MR) is 125 cm³/mol. The van der Waals surface area contributed by atoms with Gasteiger partial charge in [-0.2, -0.15) is 9.97 Å². The summed E-state index contributed by atoms with van der Waals surface area (Å²) in [6, 6.07) is 23.4. The second-order valence-electron chi connectivity index (χ2n) is 7.55. The third-order valence-corrected chi connectivity index (χ3v) is 5.00. The molecule has 0 bridgehead atoms. The van der Waals surface area contributed by atoms with Gasteiger partial charge in [0, 0.05) is 24.1 Å². The summed E-state index contributed by atoms with van der Waals surface area (Å²) in [7, 11) is 1.65. The maximum atomic E-state index is 10.9. The first-order valence-electron chi connectivity index (χ1n) is 10.4. The monoisotopic (exact) mass is 424 g/mol. The van der Waals surface area contributed by atoms with Crippen molar-refractivity contribution in [3.05, 3.63) is 107 Å². The Labute approximate surface area is 187 Å². The zero-order valence-electron chi connectivity index (χ0n) is 18.1. The van der Waals surface area contributed by atoms with Gasteiger partial charge < -0.3 is 10.1 Å². The van der Waals surface area contributed by atoms with Crippen molar-refractivity contribution in [2.75, 3.05) is 12.4 Å². The Kier molecular flexibility index (Phi) is 6.51. The van der Waals surface area contributed by atoms with Crippen molar-refractivity contribution in [3.63, 3.8) is 0 Å². The van der Waals surface area contributed by atoms with E-state index in [1.54, 1.807) is 19.2 Å². The van der Waals surface area contributed by atoms with Gasteiger partial charge >= 0.3 is 0 Å². The predicted octanol–water partition coefficient (Wildman–Crippen LogP) is 4.93. The van der Waals surface area contributed by atoms with E-state index in [0.29, 0.717) is 36.0 Å². The molecule has 3 aromatic carbocycles. The van der Waals surface area contributed by atoms with Gasteiger partial charge in [0.05, 0.1) is 7.11 Å². The highest BCUT2D eigenvalue weighted by Crippen LogP contribution is 2.18. The first kappa shape index (κ1) is 21.2.